The first-order valence-corrected chi connectivity index (χ1v) is 6.76. The van der Waals surface area contributed by atoms with E-state index < -0.39 is 0 Å². The van der Waals surface area contributed by atoms with Crippen LogP contribution in [-0.2, 0) is 4.74 Å². The molecule has 94 valence electrons. The van der Waals surface area contributed by atoms with Gasteiger partial charge >= 0.3 is 0 Å². The molecule has 2 aliphatic rings. The van der Waals surface area contributed by atoms with Crippen molar-refractivity contribution in [1.29, 1.82) is 0 Å². The van der Waals surface area contributed by atoms with Crippen molar-refractivity contribution < 1.29 is 4.74 Å². The molecule has 0 aliphatic carbocycles. The SMILES string of the molecule is CC1CC(N2CCC(C)C(CN)C2)CCO1. The first kappa shape index (κ1) is 12.3. The van der Waals surface area contributed by atoms with Crippen LogP contribution >= 0.6 is 0 Å². The molecule has 2 heterocycles. The maximum Gasteiger partial charge on any atom is 0.0561 e. The Kier molecular flexibility index (Phi) is 4.22. The highest BCUT2D eigenvalue weighted by atomic mass is 16.5. The third-order valence-corrected chi connectivity index (χ3v) is 4.42. The van der Waals surface area contributed by atoms with Crippen molar-refractivity contribution in [3.8, 4) is 0 Å². The van der Waals surface area contributed by atoms with Crippen LogP contribution in [0.5, 0.6) is 0 Å². The van der Waals surface area contributed by atoms with Gasteiger partial charge in [-0.2, -0.15) is 0 Å². The number of likely N-dealkylation sites (tertiary alicyclic amines) is 1. The minimum absolute atomic E-state index is 0.439. The largest absolute Gasteiger partial charge is 0.378 e. The molecule has 16 heavy (non-hydrogen) atoms. The molecule has 0 spiro atoms. The van der Waals surface area contributed by atoms with E-state index in [4.69, 9.17) is 10.5 Å². The summed E-state index contributed by atoms with van der Waals surface area (Å²) in [5, 5.41) is 0. The van der Waals surface area contributed by atoms with E-state index in [2.05, 4.69) is 18.7 Å². The lowest BCUT2D eigenvalue weighted by Gasteiger charge is -2.43. The van der Waals surface area contributed by atoms with Gasteiger partial charge in [0.2, 0.25) is 0 Å². The fourth-order valence-corrected chi connectivity index (χ4v) is 3.12. The third-order valence-electron chi connectivity index (χ3n) is 4.42. The van der Waals surface area contributed by atoms with E-state index in [0.717, 1.165) is 25.1 Å². The van der Waals surface area contributed by atoms with Crippen molar-refractivity contribution in [3.63, 3.8) is 0 Å². The molecular formula is C13H26N2O. The van der Waals surface area contributed by atoms with Crippen molar-refractivity contribution in [1.82, 2.24) is 4.90 Å². The first-order chi connectivity index (χ1) is 7.70. The zero-order chi connectivity index (χ0) is 11.5. The Hall–Kier alpha value is -0.120. The lowest BCUT2D eigenvalue weighted by molar-refractivity contribution is -0.0312. The van der Waals surface area contributed by atoms with Gasteiger partial charge in [0, 0.05) is 19.2 Å². The van der Waals surface area contributed by atoms with Gasteiger partial charge in [-0.25, -0.2) is 0 Å². The quantitative estimate of drug-likeness (QED) is 0.775. The second kappa shape index (κ2) is 5.48. The number of nitrogens with zero attached hydrogens (tertiary/aromatic N) is 1. The van der Waals surface area contributed by atoms with Gasteiger partial charge in [0.15, 0.2) is 0 Å². The molecular weight excluding hydrogens is 200 g/mol. The van der Waals surface area contributed by atoms with Crippen LogP contribution < -0.4 is 5.73 Å². The van der Waals surface area contributed by atoms with Crippen LogP contribution in [0.15, 0.2) is 0 Å². The minimum atomic E-state index is 0.439. The molecule has 3 nitrogen and oxygen atoms in total. The minimum Gasteiger partial charge on any atom is -0.378 e. The van der Waals surface area contributed by atoms with Crippen LogP contribution in [0.4, 0.5) is 0 Å². The molecule has 4 atom stereocenters. The molecule has 0 bridgehead atoms. The van der Waals surface area contributed by atoms with Crippen LogP contribution in [0.3, 0.4) is 0 Å². The Labute approximate surface area is 99.3 Å². The van der Waals surface area contributed by atoms with Gasteiger partial charge in [-0.15, -0.1) is 0 Å². The Bertz CT molecular complexity index is 222. The lowest BCUT2D eigenvalue weighted by atomic mass is 9.85. The summed E-state index contributed by atoms with van der Waals surface area (Å²) in [6.07, 6.45) is 4.16. The fraction of sp³-hybridized carbons (Fsp3) is 1.00. The van der Waals surface area contributed by atoms with Crippen molar-refractivity contribution >= 4 is 0 Å². The Morgan fingerprint density at radius 1 is 1.31 bits per heavy atom. The molecule has 2 rings (SSSR count). The number of hydrogen-bond donors (Lipinski definition) is 1. The number of ether oxygens (including phenoxy) is 1. The van der Waals surface area contributed by atoms with Crippen molar-refractivity contribution in [2.75, 3.05) is 26.2 Å². The lowest BCUT2D eigenvalue weighted by Crippen LogP contribution is -2.49. The van der Waals surface area contributed by atoms with Crippen LogP contribution in [0.25, 0.3) is 0 Å². The van der Waals surface area contributed by atoms with Gasteiger partial charge < -0.3 is 10.5 Å². The predicted molar refractivity (Wildman–Crippen MR) is 66.3 cm³/mol. The molecule has 2 saturated heterocycles. The van der Waals surface area contributed by atoms with Crippen LogP contribution in [0, 0.1) is 11.8 Å². The summed E-state index contributed by atoms with van der Waals surface area (Å²) in [6, 6.07) is 0.741. The number of hydrogen-bond acceptors (Lipinski definition) is 3. The number of nitrogens with two attached hydrogens (primary N) is 1. The highest BCUT2D eigenvalue weighted by molar-refractivity contribution is 4.85. The second-order valence-electron chi connectivity index (χ2n) is 5.62. The van der Waals surface area contributed by atoms with E-state index in [-0.39, 0.29) is 0 Å². The number of piperidine rings is 1. The fourth-order valence-electron chi connectivity index (χ4n) is 3.12. The van der Waals surface area contributed by atoms with E-state index in [1.54, 1.807) is 0 Å². The molecule has 2 fully saturated rings. The molecule has 3 heteroatoms. The summed E-state index contributed by atoms with van der Waals surface area (Å²) >= 11 is 0. The maximum absolute atomic E-state index is 5.86. The highest BCUT2D eigenvalue weighted by Gasteiger charge is 2.31. The topological polar surface area (TPSA) is 38.5 Å². The second-order valence-corrected chi connectivity index (χ2v) is 5.62. The van der Waals surface area contributed by atoms with Gasteiger partial charge in [-0.05, 0) is 51.1 Å². The Morgan fingerprint density at radius 3 is 2.81 bits per heavy atom. The molecule has 2 aliphatic heterocycles. The van der Waals surface area contributed by atoms with E-state index in [1.807, 2.05) is 0 Å². The molecule has 0 radical (unpaired) electrons. The van der Waals surface area contributed by atoms with Crippen molar-refractivity contribution in [2.45, 2.75) is 45.3 Å². The molecule has 0 aromatic carbocycles. The average molecular weight is 226 g/mol. The summed E-state index contributed by atoms with van der Waals surface area (Å²) in [5.41, 5.74) is 5.86. The van der Waals surface area contributed by atoms with E-state index >= 15 is 0 Å². The highest BCUT2D eigenvalue weighted by Crippen LogP contribution is 2.27. The molecule has 0 amide bonds. The van der Waals surface area contributed by atoms with E-state index in [0.29, 0.717) is 12.0 Å². The van der Waals surface area contributed by atoms with Crippen LogP contribution in [-0.4, -0.2) is 43.3 Å². The number of rotatable bonds is 2. The zero-order valence-electron chi connectivity index (χ0n) is 10.7. The predicted octanol–water partition coefficient (Wildman–Crippen LogP) is 1.47. The van der Waals surface area contributed by atoms with Gasteiger partial charge in [-0.3, -0.25) is 4.90 Å². The normalized spacial score (nSPS) is 42.2. The van der Waals surface area contributed by atoms with Gasteiger partial charge in [0.05, 0.1) is 6.10 Å². The smallest absolute Gasteiger partial charge is 0.0561 e. The molecule has 0 aromatic rings. The van der Waals surface area contributed by atoms with E-state index in [9.17, 15) is 0 Å². The van der Waals surface area contributed by atoms with E-state index in [1.165, 1.54) is 32.4 Å². The first-order valence-electron chi connectivity index (χ1n) is 6.76. The molecule has 4 unspecified atom stereocenters. The van der Waals surface area contributed by atoms with Crippen LogP contribution in [0.2, 0.25) is 0 Å². The summed E-state index contributed by atoms with van der Waals surface area (Å²) in [5.74, 6) is 1.51. The monoisotopic (exact) mass is 226 g/mol. The summed E-state index contributed by atoms with van der Waals surface area (Å²) in [4.78, 5) is 2.66. The molecule has 0 aromatic heterocycles. The summed E-state index contributed by atoms with van der Waals surface area (Å²) < 4.78 is 5.62. The summed E-state index contributed by atoms with van der Waals surface area (Å²) in [7, 11) is 0. The summed E-state index contributed by atoms with van der Waals surface area (Å²) in [6.45, 7) is 8.78. The van der Waals surface area contributed by atoms with Crippen molar-refractivity contribution in [3.05, 3.63) is 0 Å². The third kappa shape index (κ3) is 2.76. The Balaban J connectivity index is 1.89. The van der Waals surface area contributed by atoms with Crippen molar-refractivity contribution in [2.24, 2.45) is 17.6 Å². The molecule has 0 saturated carbocycles. The van der Waals surface area contributed by atoms with Gasteiger partial charge in [0.1, 0.15) is 0 Å². The zero-order valence-corrected chi connectivity index (χ0v) is 10.7. The maximum atomic E-state index is 5.86. The van der Waals surface area contributed by atoms with Gasteiger partial charge in [-0.1, -0.05) is 6.92 Å². The molecule has 2 N–H and O–H groups in total. The standard InChI is InChI=1S/C13H26N2O/c1-10-3-5-15(9-12(10)8-14)13-4-6-16-11(2)7-13/h10-13H,3-9,14H2,1-2H3. The Morgan fingerprint density at radius 2 is 2.12 bits per heavy atom. The van der Waals surface area contributed by atoms with Crippen LogP contribution in [0.1, 0.15) is 33.1 Å². The average Bonchev–Trinajstić information content (AvgIpc) is 2.29. The van der Waals surface area contributed by atoms with Gasteiger partial charge in [0.25, 0.3) is 0 Å².